The van der Waals surface area contributed by atoms with E-state index in [2.05, 4.69) is 9.97 Å². The Bertz CT molecular complexity index is 514. The minimum Gasteiger partial charge on any atom is -0.481 e. The number of aliphatic carboxylic acids is 1. The second kappa shape index (κ2) is 3.08. The van der Waals surface area contributed by atoms with Gasteiger partial charge in [0.2, 0.25) is 0 Å². The topological polar surface area (TPSA) is 66.0 Å². The quantitative estimate of drug-likeness (QED) is 0.785. The van der Waals surface area contributed by atoms with Crippen LogP contribution in [0.5, 0.6) is 0 Å². The molecular weight excluding hydrogens is 192 g/mol. The van der Waals surface area contributed by atoms with Gasteiger partial charge in [-0.15, -0.1) is 0 Å². The van der Waals surface area contributed by atoms with Crippen LogP contribution in [0.4, 0.5) is 0 Å². The van der Waals surface area contributed by atoms with Crippen molar-refractivity contribution in [3.63, 3.8) is 0 Å². The maximum Gasteiger partial charge on any atom is 0.313 e. The molecule has 1 aromatic heterocycles. The Balaban J connectivity index is 2.57. The summed E-state index contributed by atoms with van der Waals surface area (Å²) in [6.07, 6.45) is 1.60. The van der Waals surface area contributed by atoms with Gasteiger partial charge in [-0.1, -0.05) is 6.07 Å². The van der Waals surface area contributed by atoms with Gasteiger partial charge in [-0.2, -0.15) is 0 Å². The second-order valence-corrected chi connectivity index (χ2v) is 4.06. The average Bonchev–Trinajstić information content (AvgIpc) is 2.63. The lowest BCUT2D eigenvalue weighted by Crippen LogP contribution is -2.28. The molecule has 0 aliphatic heterocycles. The zero-order valence-corrected chi connectivity index (χ0v) is 8.61. The summed E-state index contributed by atoms with van der Waals surface area (Å²) in [6, 6.07) is 5.46. The molecule has 0 radical (unpaired) electrons. The van der Waals surface area contributed by atoms with Gasteiger partial charge in [-0.3, -0.25) is 4.79 Å². The third-order valence-electron chi connectivity index (χ3n) is 2.68. The summed E-state index contributed by atoms with van der Waals surface area (Å²) in [5.74, 6) is -0.832. The zero-order valence-electron chi connectivity index (χ0n) is 8.61. The molecule has 0 saturated heterocycles. The molecule has 4 nitrogen and oxygen atoms in total. The molecule has 0 unspecified atom stereocenters. The maximum atomic E-state index is 11.1. The highest BCUT2D eigenvalue weighted by molar-refractivity contribution is 5.83. The summed E-state index contributed by atoms with van der Waals surface area (Å²) in [5.41, 5.74) is 1.60. The highest BCUT2D eigenvalue weighted by Crippen LogP contribution is 2.25. The van der Waals surface area contributed by atoms with Crippen LogP contribution in [0.15, 0.2) is 24.5 Å². The largest absolute Gasteiger partial charge is 0.481 e. The van der Waals surface area contributed by atoms with Gasteiger partial charge in [-0.05, 0) is 31.5 Å². The molecule has 0 atom stereocenters. The van der Waals surface area contributed by atoms with Crippen molar-refractivity contribution >= 4 is 17.0 Å². The number of nitrogens with one attached hydrogen (secondary N) is 1. The molecule has 1 heterocycles. The van der Waals surface area contributed by atoms with Crippen molar-refractivity contribution in [1.82, 2.24) is 9.97 Å². The number of carbonyl (C=O) groups is 1. The van der Waals surface area contributed by atoms with E-state index in [1.165, 1.54) is 0 Å². The lowest BCUT2D eigenvalue weighted by atomic mass is 9.85. The molecule has 2 rings (SSSR count). The number of nitrogens with zero attached hydrogens (tertiary/aromatic N) is 1. The van der Waals surface area contributed by atoms with Gasteiger partial charge < -0.3 is 10.1 Å². The molecule has 4 heteroatoms. The number of imidazole rings is 1. The number of aromatic nitrogens is 2. The smallest absolute Gasteiger partial charge is 0.313 e. The molecule has 2 aromatic rings. The first kappa shape index (κ1) is 9.71. The summed E-state index contributed by atoms with van der Waals surface area (Å²) in [4.78, 5) is 18.1. The standard InChI is InChI=1S/C11H12N2O2/c1-11(2,10(14)15)7-3-4-8-9(5-7)13-6-12-8/h3-6H,1-2H3,(H,12,13)(H,14,15). The van der Waals surface area contributed by atoms with Gasteiger partial charge >= 0.3 is 5.97 Å². The van der Waals surface area contributed by atoms with E-state index in [4.69, 9.17) is 5.11 Å². The molecule has 15 heavy (non-hydrogen) atoms. The first-order valence-electron chi connectivity index (χ1n) is 4.69. The van der Waals surface area contributed by atoms with Crippen molar-refractivity contribution in [2.24, 2.45) is 0 Å². The lowest BCUT2D eigenvalue weighted by molar-refractivity contribution is -0.142. The lowest BCUT2D eigenvalue weighted by Gasteiger charge is -2.19. The van der Waals surface area contributed by atoms with Crippen LogP contribution in [0.25, 0.3) is 11.0 Å². The normalized spacial score (nSPS) is 11.9. The van der Waals surface area contributed by atoms with Crippen LogP contribution in [0, 0.1) is 0 Å². The van der Waals surface area contributed by atoms with E-state index in [-0.39, 0.29) is 0 Å². The molecule has 0 aliphatic carbocycles. The number of benzene rings is 1. The van der Waals surface area contributed by atoms with E-state index in [1.807, 2.05) is 12.1 Å². The van der Waals surface area contributed by atoms with Gasteiger partial charge in [0, 0.05) is 0 Å². The highest BCUT2D eigenvalue weighted by atomic mass is 16.4. The van der Waals surface area contributed by atoms with E-state index in [1.54, 1.807) is 26.2 Å². The predicted molar refractivity (Wildman–Crippen MR) is 56.8 cm³/mol. The van der Waals surface area contributed by atoms with E-state index >= 15 is 0 Å². The van der Waals surface area contributed by atoms with Crippen LogP contribution in [-0.2, 0) is 10.2 Å². The average molecular weight is 204 g/mol. The maximum absolute atomic E-state index is 11.1. The Kier molecular flexibility index (Phi) is 2.00. The first-order chi connectivity index (χ1) is 7.01. The minimum absolute atomic E-state index is 0.770. The van der Waals surface area contributed by atoms with Crippen molar-refractivity contribution in [2.75, 3.05) is 0 Å². The number of carboxylic acids is 1. The number of fused-ring (bicyclic) bond motifs is 1. The van der Waals surface area contributed by atoms with E-state index in [9.17, 15) is 4.79 Å². The molecule has 1 aromatic carbocycles. The van der Waals surface area contributed by atoms with E-state index in [0.29, 0.717) is 0 Å². The Hall–Kier alpha value is -1.84. The van der Waals surface area contributed by atoms with Crippen molar-refractivity contribution in [2.45, 2.75) is 19.3 Å². The van der Waals surface area contributed by atoms with Crippen LogP contribution in [0.3, 0.4) is 0 Å². The molecule has 0 amide bonds. The predicted octanol–water partition coefficient (Wildman–Crippen LogP) is 1.93. The fraction of sp³-hybridized carbons (Fsp3) is 0.273. The Morgan fingerprint density at radius 3 is 2.87 bits per heavy atom. The Morgan fingerprint density at radius 2 is 2.20 bits per heavy atom. The number of carboxylic acid groups (broad SMARTS) is 1. The Morgan fingerprint density at radius 1 is 1.47 bits per heavy atom. The summed E-state index contributed by atoms with van der Waals surface area (Å²) in [5, 5.41) is 9.09. The number of aromatic amines is 1. The monoisotopic (exact) mass is 204 g/mol. The third-order valence-corrected chi connectivity index (χ3v) is 2.68. The van der Waals surface area contributed by atoms with Gasteiger partial charge in [0.1, 0.15) is 0 Å². The fourth-order valence-corrected chi connectivity index (χ4v) is 1.45. The van der Waals surface area contributed by atoms with Gasteiger partial charge in [0.05, 0.1) is 22.8 Å². The molecule has 0 aliphatic rings. The number of hydrogen-bond donors (Lipinski definition) is 2. The molecule has 0 saturated carbocycles. The first-order valence-corrected chi connectivity index (χ1v) is 4.69. The minimum atomic E-state index is -0.876. The van der Waals surface area contributed by atoms with Crippen molar-refractivity contribution in [1.29, 1.82) is 0 Å². The fourth-order valence-electron chi connectivity index (χ4n) is 1.45. The molecule has 2 N–H and O–H groups in total. The second-order valence-electron chi connectivity index (χ2n) is 4.06. The van der Waals surface area contributed by atoms with Crippen molar-refractivity contribution in [3.8, 4) is 0 Å². The van der Waals surface area contributed by atoms with Crippen LogP contribution < -0.4 is 0 Å². The third kappa shape index (κ3) is 1.48. The van der Waals surface area contributed by atoms with E-state index < -0.39 is 11.4 Å². The molecule has 0 fully saturated rings. The molecule has 0 spiro atoms. The van der Waals surface area contributed by atoms with Crippen LogP contribution >= 0.6 is 0 Å². The number of hydrogen-bond acceptors (Lipinski definition) is 2. The highest BCUT2D eigenvalue weighted by Gasteiger charge is 2.29. The summed E-state index contributed by atoms with van der Waals surface area (Å²) >= 11 is 0. The van der Waals surface area contributed by atoms with Gasteiger partial charge in [0.25, 0.3) is 0 Å². The number of H-pyrrole nitrogens is 1. The van der Waals surface area contributed by atoms with Crippen molar-refractivity contribution < 1.29 is 9.90 Å². The molecule has 78 valence electrons. The summed E-state index contributed by atoms with van der Waals surface area (Å²) in [6.45, 7) is 3.37. The summed E-state index contributed by atoms with van der Waals surface area (Å²) in [7, 11) is 0. The van der Waals surface area contributed by atoms with Crippen LogP contribution in [-0.4, -0.2) is 21.0 Å². The van der Waals surface area contributed by atoms with Crippen LogP contribution in [0.1, 0.15) is 19.4 Å². The van der Waals surface area contributed by atoms with Gasteiger partial charge in [0.15, 0.2) is 0 Å². The Labute approximate surface area is 87.0 Å². The van der Waals surface area contributed by atoms with Gasteiger partial charge in [-0.25, -0.2) is 4.98 Å². The van der Waals surface area contributed by atoms with E-state index in [0.717, 1.165) is 16.6 Å². The van der Waals surface area contributed by atoms with Crippen molar-refractivity contribution in [3.05, 3.63) is 30.1 Å². The number of rotatable bonds is 2. The summed E-state index contributed by atoms with van der Waals surface area (Å²) < 4.78 is 0. The van der Waals surface area contributed by atoms with Crippen LogP contribution in [0.2, 0.25) is 0 Å². The SMILES string of the molecule is CC(C)(C(=O)O)c1ccc2nc[nH]c2c1. The molecular formula is C11H12N2O2. The zero-order chi connectivity index (χ0) is 11.1. The molecule has 0 bridgehead atoms.